The number of benzene rings is 2. The van der Waals surface area contributed by atoms with Crippen LogP contribution in [0.5, 0.6) is 0 Å². The van der Waals surface area contributed by atoms with Crippen LogP contribution < -0.4 is 5.73 Å². The molecule has 1 amide bonds. The summed E-state index contributed by atoms with van der Waals surface area (Å²) in [7, 11) is 0. The van der Waals surface area contributed by atoms with Crippen LogP contribution >= 0.6 is 11.3 Å². The molecule has 2 heterocycles. The number of rotatable bonds is 4. The first kappa shape index (κ1) is 20.1. The molecule has 30 heavy (non-hydrogen) atoms. The summed E-state index contributed by atoms with van der Waals surface area (Å²) in [5, 5.41) is 1.02. The number of thiophene rings is 1. The van der Waals surface area contributed by atoms with Crippen molar-refractivity contribution < 1.29 is 18.0 Å². The zero-order valence-electron chi connectivity index (χ0n) is 16.0. The Morgan fingerprint density at radius 2 is 1.87 bits per heavy atom. The van der Waals surface area contributed by atoms with Crippen LogP contribution in [0.2, 0.25) is 0 Å². The van der Waals surface area contributed by atoms with Crippen molar-refractivity contribution in [1.82, 2.24) is 4.98 Å². The molecular weight excluding hydrogens is 409 g/mol. The van der Waals surface area contributed by atoms with Gasteiger partial charge in [0.1, 0.15) is 0 Å². The molecule has 4 rings (SSSR count). The second kappa shape index (κ2) is 7.57. The summed E-state index contributed by atoms with van der Waals surface area (Å²) in [4.78, 5) is 16.9. The van der Waals surface area contributed by atoms with Crippen LogP contribution in [0, 0.1) is 6.92 Å². The minimum Gasteiger partial charge on any atom is -0.366 e. The molecular formula is C23H17F3N2OS. The molecule has 0 bridgehead atoms. The van der Waals surface area contributed by atoms with E-state index in [-0.39, 0.29) is 0 Å². The summed E-state index contributed by atoms with van der Waals surface area (Å²) in [6.07, 6.45) is -2.42. The average molecular weight is 426 g/mol. The van der Waals surface area contributed by atoms with Gasteiger partial charge in [-0.05, 0) is 41.6 Å². The Morgan fingerprint density at radius 1 is 1.10 bits per heavy atom. The number of nitrogens with two attached hydrogens (primary N) is 1. The van der Waals surface area contributed by atoms with Crippen molar-refractivity contribution in [2.24, 2.45) is 5.73 Å². The standard InChI is InChI=1S/C23H17F3N2OS/c1-13-17-6-3-7-18(19-12-15(22(27)29)8-9-28-19)21(17)30-20(13)11-14-4-2-5-16(10-14)23(24,25)26/h2-10,12H,11H2,1H3,(H2,27,29). The number of aromatic nitrogens is 1. The van der Waals surface area contributed by atoms with E-state index in [9.17, 15) is 18.0 Å². The largest absolute Gasteiger partial charge is 0.416 e. The van der Waals surface area contributed by atoms with Gasteiger partial charge in [-0.3, -0.25) is 9.78 Å². The van der Waals surface area contributed by atoms with Gasteiger partial charge in [-0.15, -0.1) is 11.3 Å². The number of amides is 1. The number of hydrogen-bond acceptors (Lipinski definition) is 3. The number of alkyl halides is 3. The highest BCUT2D eigenvalue weighted by Crippen LogP contribution is 2.39. The lowest BCUT2D eigenvalue weighted by molar-refractivity contribution is -0.137. The minimum absolute atomic E-state index is 0.370. The number of pyridine rings is 1. The molecule has 4 aromatic rings. The summed E-state index contributed by atoms with van der Waals surface area (Å²) < 4.78 is 40.1. The average Bonchev–Trinajstić information content (AvgIpc) is 3.03. The second-order valence-electron chi connectivity index (χ2n) is 7.00. The summed E-state index contributed by atoms with van der Waals surface area (Å²) >= 11 is 1.53. The normalized spacial score (nSPS) is 11.7. The lowest BCUT2D eigenvalue weighted by atomic mass is 10.0. The molecule has 2 aromatic heterocycles. The molecule has 0 aliphatic heterocycles. The molecule has 0 radical (unpaired) electrons. The van der Waals surface area contributed by atoms with Crippen LogP contribution in [0.15, 0.2) is 60.8 Å². The van der Waals surface area contributed by atoms with E-state index in [1.807, 2.05) is 25.1 Å². The third-order valence-electron chi connectivity index (χ3n) is 5.00. The molecule has 2 N–H and O–H groups in total. The highest BCUT2D eigenvalue weighted by atomic mass is 32.1. The number of carbonyl (C=O) groups excluding carboxylic acids is 1. The van der Waals surface area contributed by atoms with Gasteiger partial charge in [0, 0.05) is 33.3 Å². The first-order valence-corrected chi connectivity index (χ1v) is 9.99. The smallest absolute Gasteiger partial charge is 0.366 e. The fourth-order valence-corrected chi connectivity index (χ4v) is 4.80. The molecule has 0 saturated heterocycles. The van der Waals surface area contributed by atoms with E-state index >= 15 is 0 Å². The fraction of sp³-hybridized carbons (Fsp3) is 0.130. The van der Waals surface area contributed by atoms with Gasteiger partial charge >= 0.3 is 6.18 Å². The van der Waals surface area contributed by atoms with Crippen molar-refractivity contribution >= 4 is 27.3 Å². The zero-order chi connectivity index (χ0) is 21.5. The minimum atomic E-state index is -4.37. The van der Waals surface area contributed by atoms with Crippen molar-refractivity contribution in [3.8, 4) is 11.3 Å². The monoisotopic (exact) mass is 426 g/mol. The quantitative estimate of drug-likeness (QED) is 0.436. The first-order chi connectivity index (χ1) is 14.2. The molecule has 0 atom stereocenters. The molecule has 0 aliphatic rings. The Morgan fingerprint density at radius 3 is 2.60 bits per heavy atom. The number of carbonyl (C=O) groups is 1. The summed E-state index contributed by atoms with van der Waals surface area (Å²) in [5.74, 6) is -0.529. The first-order valence-electron chi connectivity index (χ1n) is 9.17. The van der Waals surface area contributed by atoms with Gasteiger partial charge in [-0.1, -0.05) is 36.4 Å². The Hall–Kier alpha value is -3.19. The molecule has 7 heteroatoms. The predicted octanol–water partition coefficient (Wildman–Crippen LogP) is 5.98. The maximum Gasteiger partial charge on any atom is 0.416 e. The Labute approximate surface area is 175 Å². The van der Waals surface area contributed by atoms with Crippen LogP contribution in [0.4, 0.5) is 13.2 Å². The molecule has 0 fully saturated rings. The Balaban J connectivity index is 1.78. The van der Waals surface area contributed by atoms with Gasteiger partial charge in [0.2, 0.25) is 5.91 Å². The lowest BCUT2D eigenvalue weighted by Gasteiger charge is -2.08. The summed E-state index contributed by atoms with van der Waals surface area (Å²) in [5.41, 5.74) is 8.23. The van der Waals surface area contributed by atoms with E-state index < -0.39 is 17.6 Å². The van der Waals surface area contributed by atoms with Gasteiger partial charge in [0.05, 0.1) is 11.3 Å². The number of aryl methyl sites for hydroxylation is 1. The van der Waals surface area contributed by atoms with Crippen molar-refractivity contribution in [2.75, 3.05) is 0 Å². The summed E-state index contributed by atoms with van der Waals surface area (Å²) in [6.45, 7) is 1.97. The van der Waals surface area contributed by atoms with E-state index in [4.69, 9.17) is 5.73 Å². The van der Waals surface area contributed by atoms with E-state index in [2.05, 4.69) is 4.98 Å². The maximum absolute atomic E-state index is 13.0. The Kier molecular flexibility index (Phi) is 5.07. The van der Waals surface area contributed by atoms with Gasteiger partial charge in [-0.25, -0.2) is 0 Å². The topological polar surface area (TPSA) is 56.0 Å². The van der Waals surface area contributed by atoms with Crippen molar-refractivity contribution in [3.05, 3.63) is 87.9 Å². The van der Waals surface area contributed by atoms with E-state index in [0.29, 0.717) is 23.2 Å². The van der Waals surface area contributed by atoms with Gasteiger partial charge in [0.25, 0.3) is 0 Å². The number of hydrogen-bond donors (Lipinski definition) is 1. The Bertz CT molecular complexity index is 1260. The zero-order valence-corrected chi connectivity index (χ0v) is 16.8. The molecule has 3 nitrogen and oxygen atoms in total. The van der Waals surface area contributed by atoms with Crippen molar-refractivity contribution in [2.45, 2.75) is 19.5 Å². The number of primary amides is 1. The fourth-order valence-electron chi connectivity index (χ4n) is 3.44. The van der Waals surface area contributed by atoms with Gasteiger partial charge in [0.15, 0.2) is 0 Å². The molecule has 0 unspecified atom stereocenters. The predicted molar refractivity (Wildman–Crippen MR) is 113 cm³/mol. The van der Waals surface area contributed by atoms with Crippen LogP contribution in [-0.4, -0.2) is 10.9 Å². The van der Waals surface area contributed by atoms with E-state index in [1.54, 1.807) is 18.2 Å². The second-order valence-corrected chi connectivity index (χ2v) is 8.11. The highest BCUT2D eigenvalue weighted by Gasteiger charge is 2.30. The maximum atomic E-state index is 13.0. The van der Waals surface area contributed by atoms with E-state index in [0.717, 1.165) is 32.2 Å². The van der Waals surface area contributed by atoms with Crippen LogP contribution in [0.25, 0.3) is 21.3 Å². The van der Waals surface area contributed by atoms with Gasteiger partial charge < -0.3 is 5.73 Å². The third-order valence-corrected chi connectivity index (χ3v) is 6.34. The van der Waals surface area contributed by atoms with Crippen LogP contribution in [-0.2, 0) is 12.6 Å². The molecule has 2 aromatic carbocycles. The molecule has 0 spiro atoms. The van der Waals surface area contributed by atoms with E-state index in [1.165, 1.54) is 29.7 Å². The molecule has 0 saturated carbocycles. The van der Waals surface area contributed by atoms with Crippen molar-refractivity contribution in [1.29, 1.82) is 0 Å². The van der Waals surface area contributed by atoms with Crippen LogP contribution in [0.1, 0.15) is 31.9 Å². The van der Waals surface area contributed by atoms with Crippen molar-refractivity contribution in [3.63, 3.8) is 0 Å². The van der Waals surface area contributed by atoms with Crippen LogP contribution in [0.3, 0.4) is 0 Å². The lowest BCUT2D eigenvalue weighted by Crippen LogP contribution is -2.10. The van der Waals surface area contributed by atoms with Gasteiger partial charge in [-0.2, -0.15) is 13.2 Å². The third kappa shape index (κ3) is 3.80. The number of halogens is 3. The highest BCUT2D eigenvalue weighted by molar-refractivity contribution is 7.19. The molecule has 152 valence electrons. The number of nitrogens with zero attached hydrogens (tertiary/aromatic N) is 1. The molecule has 0 aliphatic carbocycles. The number of fused-ring (bicyclic) bond motifs is 1. The SMILES string of the molecule is Cc1c(Cc2cccc(C(F)(F)F)c2)sc2c(-c3cc(C(N)=O)ccn3)cccc12. The summed E-state index contributed by atoms with van der Waals surface area (Å²) in [6, 6.07) is 14.4.